The van der Waals surface area contributed by atoms with Crippen molar-refractivity contribution in [1.82, 2.24) is 4.98 Å². The first-order valence-corrected chi connectivity index (χ1v) is 7.44. The molecule has 3 aromatic carbocycles. The number of carboxylic acids is 1. The molecule has 5 heteroatoms. The van der Waals surface area contributed by atoms with E-state index in [1.54, 1.807) is 24.3 Å². The Morgan fingerprint density at radius 1 is 1.04 bits per heavy atom. The van der Waals surface area contributed by atoms with E-state index in [0.29, 0.717) is 11.6 Å². The third kappa shape index (κ3) is 2.56. The van der Waals surface area contributed by atoms with Gasteiger partial charge in [-0.1, -0.05) is 30.3 Å². The molecule has 4 aromatic rings. The van der Waals surface area contributed by atoms with Gasteiger partial charge in [0.25, 0.3) is 0 Å². The van der Waals surface area contributed by atoms with Crippen molar-refractivity contribution in [3.63, 3.8) is 0 Å². The van der Waals surface area contributed by atoms with Crippen LogP contribution in [0.4, 0.5) is 0 Å². The maximum absolute atomic E-state index is 10.5. The van der Waals surface area contributed by atoms with Gasteiger partial charge in [0.15, 0.2) is 12.2 Å². The summed E-state index contributed by atoms with van der Waals surface area (Å²) >= 11 is 0. The Balaban J connectivity index is 1.71. The van der Waals surface area contributed by atoms with E-state index in [0.717, 1.165) is 27.4 Å². The van der Waals surface area contributed by atoms with E-state index in [4.69, 9.17) is 14.3 Å². The number of carboxylic acid groups (broad SMARTS) is 1. The molecule has 5 nitrogen and oxygen atoms in total. The van der Waals surface area contributed by atoms with E-state index >= 15 is 0 Å². The van der Waals surface area contributed by atoms with E-state index in [1.807, 2.05) is 36.4 Å². The van der Waals surface area contributed by atoms with Gasteiger partial charge in [-0.2, -0.15) is 0 Å². The predicted molar refractivity (Wildman–Crippen MR) is 90.1 cm³/mol. The SMILES string of the molecule is O=C(O)COc1ccc(-c2nc3c(ccc4ccccc43)o2)cc1. The van der Waals surface area contributed by atoms with Gasteiger partial charge >= 0.3 is 5.97 Å². The number of nitrogens with zero attached hydrogens (tertiary/aromatic N) is 1. The lowest BCUT2D eigenvalue weighted by molar-refractivity contribution is -0.139. The van der Waals surface area contributed by atoms with Gasteiger partial charge in [-0.3, -0.25) is 0 Å². The molecule has 1 aromatic heterocycles. The molecule has 118 valence electrons. The number of aromatic nitrogens is 1. The highest BCUT2D eigenvalue weighted by atomic mass is 16.5. The molecular weight excluding hydrogens is 306 g/mol. The molecule has 1 N–H and O–H groups in total. The largest absolute Gasteiger partial charge is 0.482 e. The number of fused-ring (bicyclic) bond motifs is 3. The van der Waals surface area contributed by atoms with Crippen LogP contribution in [0, 0.1) is 0 Å². The lowest BCUT2D eigenvalue weighted by atomic mass is 10.1. The highest BCUT2D eigenvalue weighted by Crippen LogP contribution is 2.30. The monoisotopic (exact) mass is 319 g/mol. The fourth-order valence-corrected chi connectivity index (χ4v) is 2.62. The van der Waals surface area contributed by atoms with Crippen molar-refractivity contribution < 1.29 is 19.1 Å². The van der Waals surface area contributed by atoms with Gasteiger partial charge in [0, 0.05) is 10.9 Å². The molecule has 0 aliphatic carbocycles. The molecule has 0 fully saturated rings. The first kappa shape index (κ1) is 14.3. The van der Waals surface area contributed by atoms with Gasteiger partial charge in [-0.25, -0.2) is 9.78 Å². The average Bonchev–Trinajstić information content (AvgIpc) is 3.05. The Morgan fingerprint density at radius 2 is 1.83 bits per heavy atom. The van der Waals surface area contributed by atoms with Gasteiger partial charge in [-0.05, 0) is 35.7 Å². The zero-order valence-corrected chi connectivity index (χ0v) is 12.6. The maximum Gasteiger partial charge on any atom is 0.341 e. The van der Waals surface area contributed by atoms with E-state index in [-0.39, 0.29) is 6.61 Å². The minimum Gasteiger partial charge on any atom is -0.482 e. The quantitative estimate of drug-likeness (QED) is 0.613. The number of aliphatic carboxylic acids is 1. The lowest BCUT2D eigenvalue weighted by Gasteiger charge is -2.02. The van der Waals surface area contributed by atoms with Gasteiger partial charge < -0.3 is 14.3 Å². The standard InChI is InChI=1S/C19H13NO4/c21-17(22)11-23-14-8-5-13(6-9-14)19-20-18-15-4-2-1-3-12(15)7-10-16(18)24-19/h1-10H,11H2,(H,21,22). The zero-order chi connectivity index (χ0) is 16.5. The van der Waals surface area contributed by atoms with Crippen LogP contribution in [0.25, 0.3) is 33.3 Å². The smallest absolute Gasteiger partial charge is 0.341 e. The summed E-state index contributed by atoms with van der Waals surface area (Å²) in [5.74, 6) is -0.00115. The van der Waals surface area contributed by atoms with E-state index in [2.05, 4.69) is 4.98 Å². The van der Waals surface area contributed by atoms with Crippen molar-refractivity contribution in [3.8, 4) is 17.2 Å². The van der Waals surface area contributed by atoms with Crippen LogP contribution in [0.5, 0.6) is 5.75 Å². The second kappa shape index (κ2) is 5.70. The summed E-state index contributed by atoms with van der Waals surface area (Å²) in [7, 11) is 0. The van der Waals surface area contributed by atoms with Gasteiger partial charge in [0.05, 0.1) is 0 Å². The first-order chi connectivity index (χ1) is 11.7. The number of benzene rings is 3. The molecule has 0 atom stereocenters. The van der Waals surface area contributed by atoms with E-state index in [1.165, 1.54) is 0 Å². The van der Waals surface area contributed by atoms with Crippen LogP contribution in [0.15, 0.2) is 65.1 Å². The minimum absolute atomic E-state index is 0.367. The third-order valence-electron chi connectivity index (χ3n) is 3.75. The molecule has 0 saturated heterocycles. The summed E-state index contributed by atoms with van der Waals surface area (Å²) in [5, 5.41) is 10.8. The highest BCUT2D eigenvalue weighted by Gasteiger charge is 2.11. The molecule has 0 unspecified atom stereocenters. The molecule has 0 aliphatic rings. The number of rotatable bonds is 4. The Kier molecular flexibility index (Phi) is 3.39. The number of ether oxygens (including phenoxy) is 1. The molecule has 0 radical (unpaired) electrons. The number of hydrogen-bond acceptors (Lipinski definition) is 4. The van der Waals surface area contributed by atoms with Crippen LogP contribution in [0.2, 0.25) is 0 Å². The second-order valence-electron chi connectivity index (χ2n) is 5.36. The molecule has 0 spiro atoms. The minimum atomic E-state index is -1.01. The van der Waals surface area contributed by atoms with Crippen LogP contribution in [-0.2, 0) is 4.79 Å². The lowest BCUT2D eigenvalue weighted by Crippen LogP contribution is -2.09. The first-order valence-electron chi connectivity index (χ1n) is 7.44. The fourth-order valence-electron chi connectivity index (χ4n) is 2.62. The molecule has 0 aliphatic heterocycles. The third-order valence-corrected chi connectivity index (χ3v) is 3.75. The number of hydrogen-bond donors (Lipinski definition) is 1. The molecular formula is C19H13NO4. The Morgan fingerprint density at radius 3 is 2.62 bits per heavy atom. The Labute approximate surface area is 137 Å². The number of carbonyl (C=O) groups is 1. The summed E-state index contributed by atoms with van der Waals surface area (Å²) < 4.78 is 11.0. The molecule has 1 heterocycles. The van der Waals surface area contributed by atoms with Crippen molar-refractivity contribution in [1.29, 1.82) is 0 Å². The zero-order valence-electron chi connectivity index (χ0n) is 12.6. The summed E-state index contributed by atoms with van der Waals surface area (Å²) in [4.78, 5) is 15.1. The van der Waals surface area contributed by atoms with Crippen molar-refractivity contribution in [2.45, 2.75) is 0 Å². The van der Waals surface area contributed by atoms with Crippen molar-refractivity contribution in [2.24, 2.45) is 0 Å². The second-order valence-corrected chi connectivity index (χ2v) is 5.36. The molecule has 0 amide bonds. The van der Waals surface area contributed by atoms with Crippen molar-refractivity contribution in [2.75, 3.05) is 6.61 Å². The van der Waals surface area contributed by atoms with E-state index in [9.17, 15) is 4.79 Å². The molecule has 0 bridgehead atoms. The van der Waals surface area contributed by atoms with E-state index < -0.39 is 5.97 Å². The fraction of sp³-hybridized carbons (Fsp3) is 0.0526. The summed E-state index contributed by atoms with van der Waals surface area (Å²) in [6, 6.07) is 18.9. The number of oxazole rings is 1. The summed E-state index contributed by atoms with van der Waals surface area (Å²) in [5.41, 5.74) is 2.36. The van der Waals surface area contributed by atoms with Gasteiger partial charge in [-0.15, -0.1) is 0 Å². The van der Waals surface area contributed by atoms with Crippen LogP contribution < -0.4 is 4.74 Å². The summed E-state index contributed by atoms with van der Waals surface area (Å²) in [6.45, 7) is -0.367. The van der Waals surface area contributed by atoms with Crippen LogP contribution in [0.3, 0.4) is 0 Å². The Bertz CT molecular complexity index is 1030. The highest BCUT2D eigenvalue weighted by molar-refractivity contribution is 6.03. The maximum atomic E-state index is 10.5. The van der Waals surface area contributed by atoms with Crippen molar-refractivity contribution >= 4 is 27.8 Å². The van der Waals surface area contributed by atoms with Crippen LogP contribution in [0.1, 0.15) is 0 Å². The average molecular weight is 319 g/mol. The predicted octanol–water partition coefficient (Wildman–Crippen LogP) is 4.11. The molecule has 24 heavy (non-hydrogen) atoms. The van der Waals surface area contributed by atoms with Gasteiger partial charge in [0.2, 0.25) is 5.89 Å². The topological polar surface area (TPSA) is 72.6 Å². The normalized spacial score (nSPS) is 11.0. The molecule has 4 rings (SSSR count). The van der Waals surface area contributed by atoms with Gasteiger partial charge in [0.1, 0.15) is 11.3 Å². The van der Waals surface area contributed by atoms with Crippen LogP contribution in [-0.4, -0.2) is 22.7 Å². The Hall–Kier alpha value is -3.34. The molecule has 0 saturated carbocycles. The van der Waals surface area contributed by atoms with Crippen LogP contribution >= 0.6 is 0 Å². The van der Waals surface area contributed by atoms with Crippen molar-refractivity contribution in [3.05, 3.63) is 60.7 Å². The summed E-state index contributed by atoms with van der Waals surface area (Å²) in [6.07, 6.45) is 0.